The van der Waals surface area contributed by atoms with Crippen LogP contribution in [0.5, 0.6) is 0 Å². The van der Waals surface area contributed by atoms with Gasteiger partial charge in [-0.3, -0.25) is 13.7 Å². The lowest BCUT2D eigenvalue weighted by atomic mass is 9.98. The number of nitrogens with zero attached hydrogens (tertiary/aromatic N) is 9. The summed E-state index contributed by atoms with van der Waals surface area (Å²) in [6.07, 6.45) is 5.66. The zero-order valence-corrected chi connectivity index (χ0v) is 75.1. The Morgan fingerprint density at radius 2 is 0.348 bits per heavy atom. The number of rotatable bonds is 13. The summed E-state index contributed by atoms with van der Waals surface area (Å²) < 4.78 is 14.0. The monoisotopic (exact) mass is 1760 g/mol. The molecular formula is C129H85N9. The van der Waals surface area contributed by atoms with Crippen molar-refractivity contribution < 1.29 is 0 Å². The highest BCUT2D eigenvalue weighted by atomic mass is 15.1. The molecule has 0 bridgehead atoms. The molecule has 646 valence electrons. The third-order valence-corrected chi connectivity index (χ3v) is 27.5. The quantitative estimate of drug-likeness (QED) is 0.116. The van der Waals surface area contributed by atoms with E-state index in [-0.39, 0.29) is 0 Å². The molecule has 28 aromatic rings. The molecule has 0 radical (unpaired) electrons. The number of fused-ring (bicyclic) bond motifs is 18. The van der Waals surface area contributed by atoms with Crippen LogP contribution in [0.4, 0.5) is 0 Å². The Kier molecular flexibility index (Phi) is 19.7. The molecular weight excluding hydrogens is 1680 g/mol. The van der Waals surface area contributed by atoms with E-state index in [9.17, 15) is 0 Å². The van der Waals surface area contributed by atoms with Crippen molar-refractivity contribution in [3.05, 3.63) is 516 Å². The van der Waals surface area contributed by atoms with Gasteiger partial charge >= 0.3 is 0 Å². The van der Waals surface area contributed by atoms with Crippen molar-refractivity contribution in [2.45, 2.75) is 0 Å². The number of hydrogen-bond donors (Lipinski definition) is 0. The van der Waals surface area contributed by atoms with Gasteiger partial charge in [0.25, 0.3) is 0 Å². The molecule has 9 heterocycles. The van der Waals surface area contributed by atoms with E-state index >= 15 is 0 Å². The summed E-state index contributed by atoms with van der Waals surface area (Å²) in [6.45, 7) is 0. The molecule has 0 N–H and O–H groups in total. The molecule has 9 aromatic heterocycles. The molecule has 0 amide bonds. The first-order valence-corrected chi connectivity index (χ1v) is 47.0. The number of pyridine rings is 3. The molecule has 0 fully saturated rings. The van der Waals surface area contributed by atoms with Gasteiger partial charge in [0, 0.05) is 117 Å². The second kappa shape index (κ2) is 33.9. The molecule has 0 atom stereocenters. The van der Waals surface area contributed by atoms with Crippen LogP contribution in [0.25, 0.3) is 243 Å². The Morgan fingerprint density at radius 1 is 0.123 bits per heavy atom. The maximum Gasteiger partial charge on any atom is 0.145 e. The van der Waals surface area contributed by atoms with E-state index < -0.39 is 0 Å². The van der Waals surface area contributed by atoms with Crippen molar-refractivity contribution in [3.63, 3.8) is 0 Å². The predicted molar refractivity (Wildman–Crippen MR) is 577 cm³/mol. The van der Waals surface area contributed by atoms with Gasteiger partial charge in [0.15, 0.2) is 0 Å². The second-order valence-corrected chi connectivity index (χ2v) is 35.3. The van der Waals surface area contributed by atoms with Crippen molar-refractivity contribution in [2.75, 3.05) is 0 Å². The minimum Gasteiger partial charge on any atom is -0.309 e. The highest BCUT2D eigenvalue weighted by Gasteiger charge is 2.25. The van der Waals surface area contributed by atoms with Crippen LogP contribution in [0.2, 0.25) is 0 Å². The van der Waals surface area contributed by atoms with Crippen LogP contribution in [-0.2, 0) is 0 Å². The van der Waals surface area contributed by atoms with Gasteiger partial charge < -0.3 is 13.7 Å². The van der Waals surface area contributed by atoms with Gasteiger partial charge in [0.1, 0.15) is 16.9 Å². The van der Waals surface area contributed by atoms with Crippen LogP contribution >= 0.6 is 0 Å². The summed E-state index contributed by atoms with van der Waals surface area (Å²) in [5.74, 6) is 0. The summed E-state index contributed by atoms with van der Waals surface area (Å²) in [5.41, 5.74) is 37.2. The van der Waals surface area contributed by atoms with E-state index in [1.165, 1.54) is 165 Å². The molecule has 28 rings (SSSR count). The smallest absolute Gasteiger partial charge is 0.145 e. The van der Waals surface area contributed by atoms with Gasteiger partial charge in [-0.05, 0) is 260 Å². The summed E-state index contributed by atoms with van der Waals surface area (Å²) in [5, 5.41) is 14.6. The number of hydrogen-bond acceptors (Lipinski definition) is 3. The average molecular weight is 1760 g/mol. The molecule has 0 aliphatic heterocycles. The minimum absolute atomic E-state index is 0.957. The van der Waals surface area contributed by atoms with Crippen LogP contribution in [0.3, 0.4) is 0 Å². The molecule has 0 spiro atoms. The molecule has 9 heteroatoms. The van der Waals surface area contributed by atoms with Crippen molar-refractivity contribution >= 4 is 131 Å². The van der Waals surface area contributed by atoms with Crippen LogP contribution in [0.15, 0.2) is 516 Å². The van der Waals surface area contributed by atoms with E-state index in [4.69, 9.17) is 15.0 Å². The maximum atomic E-state index is 4.91. The van der Waals surface area contributed by atoms with Gasteiger partial charge in [0.05, 0.1) is 49.7 Å². The zero-order valence-electron chi connectivity index (χ0n) is 75.1. The minimum atomic E-state index is 0.957. The van der Waals surface area contributed by atoms with Crippen LogP contribution < -0.4 is 0 Å². The normalized spacial score (nSPS) is 11.6. The summed E-state index contributed by atoms with van der Waals surface area (Å²) in [4.78, 5) is 14.7. The molecule has 0 aliphatic rings. The number of benzene rings is 19. The second-order valence-electron chi connectivity index (χ2n) is 35.3. The molecule has 0 unspecified atom stereocenters. The standard InChI is InChI=1S/C47H31N3.2C41H27N3/c1-3-12-32(13-4-1)34-23-26-37(27-24-34)49-43-21-8-7-18-41(43)46-39(19-10-22-45(46)49)36-25-28-44-42(31-36)40-20-11-29-48-47(40)50(44)38-17-9-16-35(30-38)33-14-5-2-6-15-33;1-3-12-28(13-4-1)29-14-9-17-32(26-29)44-38-24-23-30(27-36(38)34-20-11-25-42-41(34)44)33-19-10-22-39-40(33)35-18-7-8-21-37(35)43(39)31-15-5-2-6-16-31;1-3-11-28(12-4-1)29-20-23-32(24-21-29)44-38-25-22-30(27-36(38)34-17-10-26-42-41(34)44)33-16-9-19-39-40(33)35-15-7-8-18-37(35)43(39)31-13-5-2-6-14-31/h1-31H;2*1-27H. The summed E-state index contributed by atoms with van der Waals surface area (Å²) in [7, 11) is 0. The Labute approximate surface area is 796 Å². The van der Waals surface area contributed by atoms with Crippen molar-refractivity contribution in [1.82, 2.24) is 42.4 Å². The van der Waals surface area contributed by atoms with Crippen LogP contribution in [0.1, 0.15) is 0 Å². The fourth-order valence-corrected chi connectivity index (χ4v) is 21.4. The predicted octanol–water partition coefficient (Wildman–Crippen LogP) is 33.5. The average Bonchev–Trinajstić information content (AvgIpc) is 1.70. The van der Waals surface area contributed by atoms with Crippen molar-refractivity contribution in [2.24, 2.45) is 0 Å². The lowest BCUT2D eigenvalue weighted by Crippen LogP contribution is -1.95. The Hall–Kier alpha value is -18.6. The Bertz CT molecular complexity index is 9540. The maximum absolute atomic E-state index is 4.91. The van der Waals surface area contributed by atoms with Crippen molar-refractivity contribution in [1.29, 1.82) is 0 Å². The molecule has 0 aliphatic carbocycles. The first-order valence-electron chi connectivity index (χ1n) is 47.0. The van der Waals surface area contributed by atoms with Gasteiger partial charge in [0.2, 0.25) is 0 Å². The Morgan fingerprint density at radius 3 is 0.681 bits per heavy atom. The van der Waals surface area contributed by atoms with Gasteiger partial charge in [-0.1, -0.05) is 315 Å². The Balaban J connectivity index is 0.000000107. The molecule has 0 saturated heterocycles. The lowest BCUT2D eigenvalue weighted by molar-refractivity contribution is 1.14. The van der Waals surface area contributed by atoms with E-state index in [0.717, 1.165) is 78.1 Å². The first kappa shape index (κ1) is 80.3. The van der Waals surface area contributed by atoms with Crippen LogP contribution in [0, 0.1) is 0 Å². The SMILES string of the molecule is c1ccc(-c2ccc(-n3c4ccc(-c5cccc6c5c5ccccc5n6-c5ccccc5)cc4c4cccnc43)cc2)cc1.c1ccc(-c2ccc(-n3c4ccccc4c4c(-c5ccc6c(c5)c5cccnc5n6-c5cccc(-c6ccccc6)c5)cccc43)cc2)cc1.c1ccc(-c2cccc(-n3c4ccc(-c5cccc6c5c5ccccc5n6-c5ccccc5)cc4c4cccnc43)c2)cc1. The summed E-state index contributed by atoms with van der Waals surface area (Å²) >= 11 is 0. The molecule has 0 saturated carbocycles. The molecule has 9 nitrogen and oxygen atoms in total. The highest BCUT2D eigenvalue weighted by Crippen LogP contribution is 2.47. The fourth-order valence-electron chi connectivity index (χ4n) is 21.4. The third-order valence-electron chi connectivity index (χ3n) is 27.5. The van der Waals surface area contributed by atoms with Gasteiger partial charge in [-0.15, -0.1) is 0 Å². The molecule has 19 aromatic carbocycles. The lowest BCUT2D eigenvalue weighted by Gasteiger charge is -2.11. The van der Waals surface area contributed by atoms with Crippen molar-refractivity contribution in [3.8, 4) is 112 Å². The van der Waals surface area contributed by atoms with E-state index in [1.54, 1.807) is 0 Å². The van der Waals surface area contributed by atoms with E-state index in [1.807, 2.05) is 36.8 Å². The number of aromatic nitrogens is 9. The largest absolute Gasteiger partial charge is 0.309 e. The van der Waals surface area contributed by atoms with Gasteiger partial charge in [-0.2, -0.15) is 0 Å². The third kappa shape index (κ3) is 13.7. The zero-order chi connectivity index (χ0) is 91.1. The number of para-hydroxylation sites is 5. The topological polar surface area (TPSA) is 68.2 Å². The fraction of sp³-hybridized carbons (Fsp3) is 0. The first-order chi connectivity index (χ1) is 68.5. The van der Waals surface area contributed by atoms with E-state index in [2.05, 4.69) is 507 Å². The van der Waals surface area contributed by atoms with Crippen LogP contribution in [-0.4, -0.2) is 42.4 Å². The molecule has 138 heavy (non-hydrogen) atoms. The van der Waals surface area contributed by atoms with Gasteiger partial charge in [-0.25, -0.2) is 15.0 Å². The summed E-state index contributed by atoms with van der Waals surface area (Å²) in [6, 6.07) is 178. The highest BCUT2D eigenvalue weighted by molar-refractivity contribution is 6.21. The van der Waals surface area contributed by atoms with E-state index in [0.29, 0.717) is 0 Å².